The normalized spacial score (nSPS) is 11.5. The largest absolute Gasteiger partial charge is 0.436 e. The number of rotatable bonds is 3. The maximum Gasteiger partial charge on any atom is 0.246 e. The van der Waals surface area contributed by atoms with Crippen LogP contribution in [0.5, 0.6) is 0 Å². The molecule has 0 saturated heterocycles. The second kappa shape index (κ2) is 9.87. The highest BCUT2D eigenvalue weighted by Crippen LogP contribution is 2.38. The van der Waals surface area contributed by atoms with E-state index >= 15 is 0 Å². The summed E-state index contributed by atoms with van der Waals surface area (Å²) in [6, 6.07) is 50.3. The lowest BCUT2D eigenvalue weighted by Crippen LogP contribution is -1.87. The van der Waals surface area contributed by atoms with E-state index in [0.717, 1.165) is 60.5 Å². The van der Waals surface area contributed by atoms with E-state index in [1.165, 1.54) is 21.9 Å². The molecule has 0 aliphatic carbocycles. The van der Waals surface area contributed by atoms with Crippen LogP contribution in [0.25, 0.3) is 88.2 Å². The zero-order valence-electron chi connectivity index (χ0n) is 24.0. The topological polar surface area (TPSA) is 62.7 Å². The highest BCUT2D eigenvalue weighted by Gasteiger charge is 2.15. The fraction of sp³-hybridized carbons (Fsp3) is 0. The zero-order chi connectivity index (χ0) is 29.9. The number of nitriles is 1. The average Bonchev–Trinajstić information content (AvgIpc) is 3.48. The minimum atomic E-state index is 0.563. The van der Waals surface area contributed by atoms with Crippen molar-refractivity contribution >= 4 is 54.8 Å². The minimum Gasteiger partial charge on any atom is -0.436 e. The second-order valence-electron chi connectivity index (χ2n) is 11.3. The van der Waals surface area contributed by atoms with Gasteiger partial charge in [0.15, 0.2) is 0 Å². The van der Waals surface area contributed by atoms with Crippen LogP contribution >= 0.6 is 0 Å². The van der Waals surface area contributed by atoms with Crippen molar-refractivity contribution in [3.8, 4) is 39.4 Å². The Bertz CT molecular complexity index is 2640. The summed E-state index contributed by atoms with van der Waals surface area (Å²) in [6.45, 7) is 0. The van der Waals surface area contributed by atoms with Crippen LogP contribution in [-0.2, 0) is 0 Å². The summed E-state index contributed by atoms with van der Waals surface area (Å²) in [4.78, 5) is 9.64. The molecule has 4 heteroatoms. The van der Waals surface area contributed by atoms with Crippen molar-refractivity contribution in [2.75, 3.05) is 0 Å². The molecular weight excluding hydrogens is 550 g/mol. The van der Waals surface area contributed by atoms with Gasteiger partial charge in [-0.2, -0.15) is 5.26 Å². The predicted octanol–water partition coefficient (Wildman–Crippen LogP) is 10.7. The van der Waals surface area contributed by atoms with Crippen LogP contribution < -0.4 is 0 Å². The van der Waals surface area contributed by atoms with E-state index in [1.807, 2.05) is 54.6 Å². The Balaban J connectivity index is 1.10. The van der Waals surface area contributed by atoms with Gasteiger partial charge in [0.25, 0.3) is 0 Å². The number of fused-ring (bicyclic) bond motifs is 7. The first-order valence-corrected chi connectivity index (χ1v) is 14.9. The van der Waals surface area contributed by atoms with Crippen LogP contribution in [0.15, 0.2) is 144 Å². The van der Waals surface area contributed by atoms with E-state index in [2.05, 4.69) is 91.0 Å². The monoisotopic (exact) mass is 573 g/mol. The Hall–Kier alpha value is -6.31. The number of hydrogen-bond acceptors (Lipinski definition) is 4. The lowest BCUT2D eigenvalue weighted by molar-refractivity contribution is 0.655. The van der Waals surface area contributed by atoms with Gasteiger partial charge in [-0.25, -0.2) is 9.97 Å². The number of aromatic nitrogens is 2. The maximum absolute atomic E-state index is 9.21. The highest BCUT2D eigenvalue weighted by atomic mass is 16.3. The molecule has 4 nitrogen and oxygen atoms in total. The third-order valence-corrected chi connectivity index (χ3v) is 8.74. The number of furan rings is 1. The third kappa shape index (κ3) is 4.06. The van der Waals surface area contributed by atoms with E-state index in [4.69, 9.17) is 14.4 Å². The molecule has 0 amide bonds. The van der Waals surface area contributed by atoms with Crippen molar-refractivity contribution in [2.45, 2.75) is 0 Å². The van der Waals surface area contributed by atoms with Gasteiger partial charge in [0.2, 0.25) is 5.71 Å². The van der Waals surface area contributed by atoms with Gasteiger partial charge in [0.1, 0.15) is 11.1 Å². The summed E-state index contributed by atoms with van der Waals surface area (Å²) in [5, 5.41) is 14.8. The third-order valence-electron chi connectivity index (χ3n) is 8.74. The van der Waals surface area contributed by atoms with Crippen LogP contribution in [0.2, 0.25) is 0 Å². The molecule has 2 aromatic heterocycles. The second-order valence-corrected chi connectivity index (χ2v) is 11.3. The summed E-state index contributed by atoms with van der Waals surface area (Å²) in [5.74, 6) is 0. The molecule has 0 bridgehead atoms. The van der Waals surface area contributed by atoms with Crippen LogP contribution in [0.3, 0.4) is 0 Å². The smallest absolute Gasteiger partial charge is 0.246 e. The molecule has 208 valence electrons. The molecular formula is C41H23N3O. The van der Waals surface area contributed by atoms with Gasteiger partial charge in [-0.3, -0.25) is 0 Å². The number of para-hydroxylation sites is 2. The number of nitrogens with zero attached hydrogens (tertiary/aromatic N) is 3. The molecule has 0 radical (unpaired) electrons. The first-order chi connectivity index (χ1) is 22.2. The van der Waals surface area contributed by atoms with Crippen LogP contribution in [0.4, 0.5) is 0 Å². The predicted molar refractivity (Wildman–Crippen MR) is 183 cm³/mol. The van der Waals surface area contributed by atoms with Crippen molar-refractivity contribution in [2.24, 2.45) is 0 Å². The van der Waals surface area contributed by atoms with Crippen LogP contribution in [0.1, 0.15) is 5.56 Å². The molecule has 0 unspecified atom stereocenters. The Morgan fingerprint density at radius 3 is 1.80 bits per heavy atom. The van der Waals surface area contributed by atoms with Gasteiger partial charge in [-0.1, -0.05) is 103 Å². The molecule has 9 aromatic rings. The van der Waals surface area contributed by atoms with Crippen LogP contribution in [-0.4, -0.2) is 9.97 Å². The van der Waals surface area contributed by atoms with E-state index in [0.29, 0.717) is 11.3 Å². The van der Waals surface area contributed by atoms with Gasteiger partial charge < -0.3 is 4.42 Å². The van der Waals surface area contributed by atoms with Crippen LogP contribution in [0, 0.1) is 11.3 Å². The average molecular weight is 574 g/mol. The lowest BCUT2D eigenvalue weighted by Gasteiger charge is -2.13. The molecule has 45 heavy (non-hydrogen) atoms. The zero-order valence-corrected chi connectivity index (χ0v) is 24.0. The standard InChI is InChI=1S/C41H23N3O/c42-24-25-9-11-27(12-10-25)31-20-21-32(35-6-2-1-5-34(31)35)28-15-13-26(14-16-28)29-17-19-33-30(23-29)18-22-38-39(33)40-41(45-38)44-37-8-4-3-7-36(37)43-40/h1-23H. The molecule has 9 rings (SSSR count). The summed E-state index contributed by atoms with van der Waals surface area (Å²) in [6.07, 6.45) is 0. The van der Waals surface area contributed by atoms with Gasteiger partial charge in [0, 0.05) is 0 Å². The molecule has 0 aliphatic heterocycles. The minimum absolute atomic E-state index is 0.563. The van der Waals surface area contributed by atoms with Gasteiger partial charge >= 0.3 is 0 Å². The van der Waals surface area contributed by atoms with E-state index < -0.39 is 0 Å². The van der Waals surface area contributed by atoms with Gasteiger partial charge in [-0.05, 0) is 91.3 Å². The Kier molecular flexibility index (Phi) is 5.53. The molecule has 2 heterocycles. The maximum atomic E-state index is 9.21. The van der Waals surface area contributed by atoms with E-state index in [-0.39, 0.29) is 0 Å². The quantitative estimate of drug-likeness (QED) is 0.211. The first kappa shape index (κ1) is 25.2. The van der Waals surface area contributed by atoms with Gasteiger partial charge in [0.05, 0.1) is 28.1 Å². The molecule has 7 aromatic carbocycles. The van der Waals surface area contributed by atoms with Crippen molar-refractivity contribution in [3.05, 3.63) is 145 Å². The summed E-state index contributed by atoms with van der Waals surface area (Å²) >= 11 is 0. The summed E-state index contributed by atoms with van der Waals surface area (Å²) in [5.41, 5.74) is 11.4. The Labute approximate surface area is 258 Å². The number of hydrogen-bond donors (Lipinski definition) is 0. The molecule has 0 atom stereocenters. The van der Waals surface area contributed by atoms with Crippen molar-refractivity contribution in [3.63, 3.8) is 0 Å². The van der Waals surface area contributed by atoms with Crippen molar-refractivity contribution < 1.29 is 4.42 Å². The molecule has 0 spiro atoms. The van der Waals surface area contributed by atoms with Crippen molar-refractivity contribution in [1.29, 1.82) is 5.26 Å². The van der Waals surface area contributed by atoms with Gasteiger partial charge in [-0.15, -0.1) is 0 Å². The lowest BCUT2D eigenvalue weighted by atomic mass is 9.91. The van der Waals surface area contributed by atoms with Crippen molar-refractivity contribution in [1.82, 2.24) is 9.97 Å². The molecule has 0 fully saturated rings. The molecule has 0 saturated carbocycles. The Morgan fingerprint density at radius 2 is 1.11 bits per heavy atom. The SMILES string of the molecule is N#Cc1ccc(-c2ccc(-c3ccc(-c4ccc5c(ccc6oc7nc8ccccc8nc7c65)c4)cc3)c3ccccc23)cc1. The van der Waals surface area contributed by atoms with E-state index in [9.17, 15) is 5.26 Å². The molecule has 0 N–H and O–H groups in total. The highest BCUT2D eigenvalue weighted by molar-refractivity contribution is 6.18. The summed E-state index contributed by atoms with van der Waals surface area (Å²) in [7, 11) is 0. The summed E-state index contributed by atoms with van der Waals surface area (Å²) < 4.78 is 6.13. The fourth-order valence-electron chi connectivity index (χ4n) is 6.51. The first-order valence-electron chi connectivity index (χ1n) is 14.9. The van der Waals surface area contributed by atoms with E-state index in [1.54, 1.807) is 0 Å². The fourth-order valence-corrected chi connectivity index (χ4v) is 6.51. The number of benzene rings is 7. The Morgan fingerprint density at radius 1 is 0.511 bits per heavy atom. The molecule has 0 aliphatic rings.